The maximum atomic E-state index is 12.4. The SMILES string of the molecule is CCOc1cc(C(=S)N2CCCCC2)ccc1OC(=O)c1ccc(Cl)cc1. The highest BCUT2D eigenvalue weighted by Gasteiger charge is 2.18. The zero-order chi connectivity index (χ0) is 19.2. The van der Waals surface area contributed by atoms with Gasteiger partial charge in [0.05, 0.1) is 12.2 Å². The van der Waals surface area contributed by atoms with Crippen LogP contribution in [0.5, 0.6) is 11.5 Å². The van der Waals surface area contributed by atoms with Crippen LogP contribution in [0.25, 0.3) is 0 Å². The normalized spacial score (nSPS) is 13.9. The third-order valence-corrected chi connectivity index (χ3v) is 5.16. The molecule has 0 N–H and O–H groups in total. The Morgan fingerprint density at radius 1 is 1.04 bits per heavy atom. The van der Waals surface area contributed by atoms with Crippen LogP contribution in [-0.4, -0.2) is 35.6 Å². The summed E-state index contributed by atoms with van der Waals surface area (Å²) in [5.41, 5.74) is 1.33. The van der Waals surface area contributed by atoms with Crippen molar-refractivity contribution in [1.82, 2.24) is 4.90 Å². The fourth-order valence-electron chi connectivity index (χ4n) is 3.02. The van der Waals surface area contributed by atoms with Crippen molar-refractivity contribution < 1.29 is 14.3 Å². The number of piperidine rings is 1. The number of carbonyl (C=O) groups excluding carboxylic acids is 1. The molecule has 0 bridgehead atoms. The highest BCUT2D eigenvalue weighted by Crippen LogP contribution is 2.30. The predicted molar refractivity (Wildman–Crippen MR) is 111 cm³/mol. The highest BCUT2D eigenvalue weighted by molar-refractivity contribution is 7.80. The van der Waals surface area contributed by atoms with Crippen LogP contribution in [0.4, 0.5) is 0 Å². The molecule has 1 aliphatic heterocycles. The third-order valence-electron chi connectivity index (χ3n) is 4.42. The molecule has 0 amide bonds. The second-order valence-corrected chi connectivity index (χ2v) is 7.17. The molecular formula is C21H22ClNO3S. The van der Waals surface area contributed by atoms with Crippen molar-refractivity contribution in [3.8, 4) is 11.5 Å². The fraction of sp³-hybridized carbons (Fsp3) is 0.333. The summed E-state index contributed by atoms with van der Waals surface area (Å²) < 4.78 is 11.2. The molecular weight excluding hydrogens is 382 g/mol. The Balaban J connectivity index is 1.79. The minimum Gasteiger partial charge on any atom is -0.490 e. The van der Waals surface area contributed by atoms with Crippen LogP contribution in [0.1, 0.15) is 42.1 Å². The lowest BCUT2D eigenvalue weighted by molar-refractivity contribution is 0.0728. The number of thiocarbonyl (C=S) groups is 1. The fourth-order valence-corrected chi connectivity index (χ4v) is 3.45. The Bertz CT molecular complexity index is 817. The molecule has 1 saturated heterocycles. The highest BCUT2D eigenvalue weighted by atomic mass is 35.5. The first-order chi connectivity index (χ1) is 13.1. The van der Waals surface area contributed by atoms with E-state index >= 15 is 0 Å². The molecule has 0 atom stereocenters. The van der Waals surface area contributed by atoms with Gasteiger partial charge in [0.1, 0.15) is 4.99 Å². The summed E-state index contributed by atoms with van der Waals surface area (Å²) in [4.78, 5) is 15.4. The molecule has 0 unspecified atom stereocenters. The molecule has 1 aliphatic rings. The molecule has 142 valence electrons. The Morgan fingerprint density at radius 3 is 2.37 bits per heavy atom. The summed E-state index contributed by atoms with van der Waals surface area (Å²) in [6, 6.07) is 12.0. The van der Waals surface area contributed by atoms with Gasteiger partial charge in [-0.3, -0.25) is 0 Å². The minimum atomic E-state index is -0.459. The number of hydrogen-bond acceptors (Lipinski definition) is 4. The smallest absolute Gasteiger partial charge is 0.343 e. The van der Waals surface area contributed by atoms with Gasteiger partial charge in [0, 0.05) is 23.7 Å². The van der Waals surface area contributed by atoms with Crippen LogP contribution in [0, 0.1) is 0 Å². The largest absolute Gasteiger partial charge is 0.490 e. The zero-order valence-corrected chi connectivity index (χ0v) is 16.8. The van der Waals surface area contributed by atoms with Gasteiger partial charge in [-0.15, -0.1) is 0 Å². The van der Waals surface area contributed by atoms with E-state index in [2.05, 4.69) is 4.90 Å². The van der Waals surface area contributed by atoms with E-state index in [1.54, 1.807) is 30.3 Å². The molecule has 27 heavy (non-hydrogen) atoms. The molecule has 0 radical (unpaired) electrons. The van der Waals surface area contributed by atoms with E-state index in [9.17, 15) is 4.79 Å². The van der Waals surface area contributed by atoms with Gasteiger partial charge in [0.25, 0.3) is 0 Å². The van der Waals surface area contributed by atoms with Crippen LogP contribution in [0.15, 0.2) is 42.5 Å². The van der Waals surface area contributed by atoms with Crippen molar-refractivity contribution >= 4 is 34.8 Å². The second-order valence-electron chi connectivity index (χ2n) is 6.34. The summed E-state index contributed by atoms with van der Waals surface area (Å²) in [5.74, 6) is 0.428. The van der Waals surface area contributed by atoms with Crippen LogP contribution < -0.4 is 9.47 Å². The lowest BCUT2D eigenvalue weighted by Crippen LogP contribution is -2.34. The summed E-state index contributed by atoms with van der Waals surface area (Å²) in [6.45, 7) is 4.32. The van der Waals surface area contributed by atoms with E-state index in [-0.39, 0.29) is 0 Å². The van der Waals surface area contributed by atoms with Crippen molar-refractivity contribution in [3.63, 3.8) is 0 Å². The topological polar surface area (TPSA) is 38.8 Å². The third kappa shape index (κ3) is 4.99. The molecule has 1 heterocycles. The van der Waals surface area contributed by atoms with E-state index in [0.717, 1.165) is 36.5 Å². The Labute approximate surface area is 170 Å². The predicted octanol–water partition coefficient (Wildman–Crippen LogP) is 5.12. The van der Waals surface area contributed by atoms with Gasteiger partial charge >= 0.3 is 5.97 Å². The molecule has 0 spiro atoms. The number of likely N-dealkylation sites (tertiary alicyclic amines) is 1. The number of ether oxygens (including phenoxy) is 2. The van der Waals surface area contributed by atoms with Crippen molar-refractivity contribution in [2.24, 2.45) is 0 Å². The maximum Gasteiger partial charge on any atom is 0.343 e. The van der Waals surface area contributed by atoms with E-state index < -0.39 is 5.97 Å². The number of nitrogens with zero attached hydrogens (tertiary/aromatic N) is 1. The van der Waals surface area contributed by atoms with Crippen LogP contribution >= 0.6 is 23.8 Å². The van der Waals surface area contributed by atoms with Crippen LogP contribution in [0.2, 0.25) is 5.02 Å². The van der Waals surface area contributed by atoms with Gasteiger partial charge in [0.15, 0.2) is 11.5 Å². The molecule has 4 nitrogen and oxygen atoms in total. The van der Waals surface area contributed by atoms with Crippen LogP contribution in [0.3, 0.4) is 0 Å². The average Bonchev–Trinajstić information content (AvgIpc) is 2.70. The molecule has 0 aliphatic carbocycles. The van der Waals surface area contributed by atoms with E-state index in [1.807, 2.05) is 19.1 Å². The maximum absolute atomic E-state index is 12.4. The Morgan fingerprint density at radius 2 is 1.70 bits per heavy atom. The molecule has 0 saturated carbocycles. The van der Waals surface area contributed by atoms with Crippen molar-refractivity contribution in [2.45, 2.75) is 26.2 Å². The van der Waals surface area contributed by atoms with E-state index in [1.165, 1.54) is 6.42 Å². The summed E-state index contributed by atoms with van der Waals surface area (Å²) in [5, 5.41) is 0.567. The van der Waals surface area contributed by atoms with Crippen molar-refractivity contribution in [1.29, 1.82) is 0 Å². The van der Waals surface area contributed by atoms with Gasteiger partial charge < -0.3 is 14.4 Å². The van der Waals surface area contributed by atoms with E-state index in [0.29, 0.717) is 28.7 Å². The monoisotopic (exact) mass is 403 g/mol. The van der Waals surface area contributed by atoms with Gasteiger partial charge in [-0.1, -0.05) is 23.8 Å². The van der Waals surface area contributed by atoms with Gasteiger partial charge in [0.2, 0.25) is 0 Å². The molecule has 6 heteroatoms. The summed E-state index contributed by atoms with van der Waals surface area (Å²) in [7, 11) is 0. The standard InChI is InChI=1S/C21H22ClNO3S/c1-2-25-19-14-16(20(27)23-12-4-3-5-13-23)8-11-18(19)26-21(24)15-6-9-17(22)10-7-15/h6-11,14H,2-5,12-13H2,1H3. The lowest BCUT2D eigenvalue weighted by Gasteiger charge is -2.29. The Hall–Kier alpha value is -2.11. The first kappa shape index (κ1) is 19.6. The first-order valence-electron chi connectivity index (χ1n) is 9.12. The first-order valence-corrected chi connectivity index (χ1v) is 9.91. The zero-order valence-electron chi connectivity index (χ0n) is 15.2. The molecule has 2 aromatic rings. The number of hydrogen-bond donors (Lipinski definition) is 0. The van der Waals surface area contributed by atoms with Crippen molar-refractivity contribution in [2.75, 3.05) is 19.7 Å². The molecule has 1 fully saturated rings. The van der Waals surface area contributed by atoms with Gasteiger partial charge in [-0.05, 0) is 68.7 Å². The van der Waals surface area contributed by atoms with E-state index in [4.69, 9.17) is 33.3 Å². The van der Waals surface area contributed by atoms with Gasteiger partial charge in [-0.25, -0.2) is 4.79 Å². The molecule has 2 aromatic carbocycles. The number of carbonyl (C=O) groups is 1. The van der Waals surface area contributed by atoms with Crippen LogP contribution in [-0.2, 0) is 0 Å². The average molecular weight is 404 g/mol. The number of esters is 1. The van der Waals surface area contributed by atoms with Crippen molar-refractivity contribution in [3.05, 3.63) is 58.6 Å². The Kier molecular flexibility index (Phi) is 6.69. The molecule has 3 rings (SSSR count). The minimum absolute atomic E-state index is 0.377. The second kappa shape index (κ2) is 9.20. The summed E-state index contributed by atoms with van der Waals surface area (Å²) >= 11 is 11.5. The number of halogens is 1. The number of rotatable bonds is 5. The molecule has 0 aromatic heterocycles. The quantitative estimate of drug-likeness (QED) is 0.393. The lowest BCUT2D eigenvalue weighted by atomic mass is 10.1. The number of benzene rings is 2. The van der Waals surface area contributed by atoms with Gasteiger partial charge in [-0.2, -0.15) is 0 Å². The summed E-state index contributed by atoms with van der Waals surface area (Å²) in [6.07, 6.45) is 3.58.